The van der Waals surface area contributed by atoms with Crippen molar-refractivity contribution in [1.82, 2.24) is 10.2 Å². The maximum absolute atomic E-state index is 5.75. The highest BCUT2D eigenvalue weighted by Gasteiger charge is 2.16. The van der Waals surface area contributed by atoms with Crippen molar-refractivity contribution in [3.05, 3.63) is 23.8 Å². The van der Waals surface area contributed by atoms with Gasteiger partial charge in [0.1, 0.15) is 0 Å². The van der Waals surface area contributed by atoms with Crippen LogP contribution in [0.3, 0.4) is 0 Å². The summed E-state index contributed by atoms with van der Waals surface area (Å²) in [6.07, 6.45) is 1.01. The van der Waals surface area contributed by atoms with Crippen molar-refractivity contribution >= 4 is 12.4 Å². The molecular weight excluding hydrogens is 300 g/mol. The van der Waals surface area contributed by atoms with Crippen LogP contribution in [0.4, 0.5) is 0 Å². The molecule has 1 saturated heterocycles. The van der Waals surface area contributed by atoms with Crippen molar-refractivity contribution in [3.8, 4) is 11.5 Å². The molecule has 1 aliphatic rings. The van der Waals surface area contributed by atoms with Gasteiger partial charge in [-0.25, -0.2) is 0 Å². The first kappa shape index (κ1) is 19.1. The summed E-state index contributed by atoms with van der Waals surface area (Å²) in [5.74, 6) is 1.72. The van der Waals surface area contributed by atoms with Crippen LogP contribution in [0.2, 0.25) is 0 Å². The molecule has 5 heteroatoms. The Hall–Kier alpha value is -0.970. The Balaban J connectivity index is 0.00000242. The minimum atomic E-state index is 0. The van der Waals surface area contributed by atoms with Crippen LogP contribution in [0.5, 0.6) is 11.5 Å². The molecule has 1 aliphatic heterocycles. The highest BCUT2D eigenvalue weighted by atomic mass is 35.5. The normalized spacial score (nSPS) is 18.6. The van der Waals surface area contributed by atoms with Crippen molar-refractivity contribution in [1.29, 1.82) is 0 Å². The molecule has 1 aromatic carbocycles. The Morgan fingerprint density at radius 1 is 1.23 bits per heavy atom. The molecule has 0 radical (unpaired) electrons. The lowest BCUT2D eigenvalue weighted by Gasteiger charge is -2.31. The molecule has 4 nitrogen and oxygen atoms in total. The first-order valence-corrected chi connectivity index (χ1v) is 8.07. The number of hydrogen-bond acceptors (Lipinski definition) is 4. The van der Waals surface area contributed by atoms with E-state index in [1.165, 1.54) is 5.56 Å². The highest BCUT2D eigenvalue weighted by Crippen LogP contribution is 2.29. The predicted octanol–water partition coefficient (Wildman–Crippen LogP) is 3.09. The van der Waals surface area contributed by atoms with Crippen LogP contribution in [0, 0.1) is 0 Å². The van der Waals surface area contributed by atoms with Crippen molar-refractivity contribution in [2.45, 2.75) is 39.8 Å². The van der Waals surface area contributed by atoms with Gasteiger partial charge in [0.2, 0.25) is 0 Å². The fraction of sp³-hybridized carbons (Fsp3) is 0.647. The maximum atomic E-state index is 5.75. The molecule has 0 amide bonds. The number of piperazine rings is 1. The first-order valence-electron chi connectivity index (χ1n) is 8.07. The van der Waals surface area contributed by atoms with Gasteiger partial charge in [0.15, 0.2) is 11.5 Å². The summed E-state index contributed by atoms with van der Waals surface area (Å²) in [6, 6.07) is 6.89. The quantitative estimate of drug-likeness (QED) is 0.834. The zero-order chi connectivity index (χ0) is 15.1. The molecule has 0 aliphatic carbocycles. The average Bonchev–Trinajstić information content (AvgIpc) is 2.47. The Morgan fingerprint density at radius 3 is 2.73 bits per heavy atom. The van der Waals surface area contributed by atoms with Crippen LogP contribution in [0.1, 0.15) is 32.8 Å². The lowest BCUT2D eigenvalue weighted by atomic mass is 10.1. The Bertz CT molecular complexity index is 443. The van der Waals surface area contributed by atoms with Gasteiger partial charge in [-0.3, -0.25) is 4.90 Å². The van der Waals surface area contributed by atoms with Crippen LogP contribution in [-0.4, -0.2) is 43.8 Å². The van der Waals surface area contributed by atoms with Gasteiger partial charge in [0.25, 0.3) is 0 Å². The Morgan fingerprint density at radius 2 is 2.05 bits per heavy atom. The minimum absolute atomic E-state index is 0. The van der Waals surface area contributed by atoms with Gasteiger partial charge in [-0.2, -0.15) is 0 Å². The molecule has 1 fully saturated rings. The van der Waals surface area contributed by atoms with Gasteiger partial charge in [0.05, 0.1) is 13.2 Å². The lowest BCUT2D eigenvalue weighted by molar-refractivity contribution is 0.199. The number of ether oxygens (including phenoxy) is 2. The van der Waals surface area contributed by atoms with Crippen LogP contribution in [0.25, 0.3) is 0 Å². The van der Waals surface area contributed by atoms with Gasteiger partial charge in [-0.05, 0) is 38.0 Å². The second kappa shape index (κ2) is 9.93. The topological polar surface area (TPSA) is 33.7 Å². The van der Waals surface area contributed by atoms with Gasteiger partial charge < -0.3 is 14.8 Å². The van der Waals surface area contributed by atoms with E-state index in [0.29, 0.717) is 12.6 Å². The molecule has 2 rings (SSSR count). The van der Waals surface area contributed by atoms with Crippen molar-refractivity contribution in [2.24, 2.45) is 0 Å². The third-order valence-electron chi connectivity index (χ3n) is 3.63. The molecular formula is C17H29ClN2O2. The zero-order valence-electron chi connectivity index (χ0n) is 13.9. The van der Waals surface area contributed by atoms with E-state index in [1.54, 1.807) is 0 Å². The molecule has 1 aromatic rings. The molecule has 0 unspecified atom stereocenters. The summed E-state index contributed by atoms with van der Waals surface area (Å²) < 4.78 is 11.5. The fourth-order valence-corrected chi connectivity index (χ4v) is 2.66. The van der Waals surface area contributed by atoms with Crippen LogP contribution < -0.4 is 14.8 Å². The Labute approximate surface area is 140 Å². The van der Waals surface area contributed by atoms with E-state index in [9.17, 15) is 0 Å². The van der Waals surface area contributed by atoms with Crippen LogP contribution >= 0.6 is 12.4 Å². The van der Waals surface area contributed by atoms with E-state index in [-0.39, 0.29) is 12.4 Å². The molecule has 1 atom stereocenters. The molecule has 22 heavy (non-hydrogen) atoms. The summed E-state index contributed by atoms with van der Waals surface area (Å²) in [7, 11) is 0. The molecule has 1 N–H and O–H groups in total. The summed E-state index contributed by atoms with van der Waals surface area (Å²) >= 11 is 0. The molecule has 0 spiro atoms. The van der Waals surface area contributed by atoms with E-state index in [4.69, 9.17) is 9.47 Å². The number of benzene rings is 1. The number of rotatable bonds is 7. The molecule has 0 aromatic heterocycles. The minimum Gasteiger partial charge on any atom is -0.490 e. The van der Waals surface area contributed by atoms with E-state index in [2.05, 4.69) is 36.2 Å². The van der Waals surface area contributed by atoms with Crippen LogP contribution in [0.15, 0.2) is 18.2 Å². The predicted molar refractivity (Wildman–Crippen MR) is 93.4 cm³/mol. The number of hydrogen-bond donors (Lipinski definition) is 1. The summed E-state index contributed by atoms with van der Waals surface area (Å²) in [5.41, 5.74) is 1.29. The van der Waals surface area contributed by atoms with E-state index >= 15 is 0 Å². The SMILES string of the molecule is CCCOc1ccc(CN2CCN[C@@H](C)C2)cc1OCC.Cl. The molecule has 126 valence electrons. The standard InChI is InChI=1S/C17H28N2O2.ClH/c1-4-10-21-16-7-6-15(11-17(16)20-5-2)13-19-9-8-18-14(3)12-19;/h6-7,11,14,18H,4-5,8-10,12-13H2,1-3H3;1H/t14-;/m0./s1. The van der Waals surface area contributed by atoms with E-state index < -0.39 is 0 Å². The lowest BCUT2D eigenvalue weighted by Crippen LogP contribution is -2.48. The third-order valence-corrected chi connectivity index (χ3v) is 3.63. The first-order chi connectivity index (χ1) is 10.2. The van der Waals surface area contributed by atoms with Crippen molar-refractivity contribution in [3.63, 3.8) is 0 Å². The monoisotopic (exact) mass is 328 g/mol. The van der Waals surface area contributed by atoms with Gasteiger partial charge in [0, 0.05) is 32.2 Å². The summed E-state index contributed by atoms with van der Waals surface area (Å²) in [6.45, 7) is 12.0. The van der Waals surface area contributed by atoms with Gasteiger partial charge in [-0.15, -0.1) is 12.4 Å². The second-order valence-corrected chi connectivity index (χ2v) is 5.65. The largest absolute Gasteiger partial charge is 0.490 e. The van der Waals surface area contributed by atoms with Gasteiger partial charge >= 0.3 is 0 Å². The fourth-order valence-electron chi connectivity index (χ4n) is 2.66. The van der Waals surface area contributed by atoms with Crippen molar-refractivity contribution < 1.29 is 9.47 Å². The maximum Gasteiger partial charge on any atom is 0.161 e. The molecule has 0 bridgehead atoms. The number of nitrogens with zero attached hydrogens (tertiary/aromatic N) is 1. The highest BCUT2D eigenvalue weighted by molar-refractivity contribution is 5.85. The zero-order valence-corrected chi connectivity index (χ0v) is 14.7. The second-order valence-electron chi connectivity index (χ2n) is 5.65. The number of nitrogens with one attached hydrogen (secondary N) is 1. The average molecular weight is 329 g/mol. The van der Waals surface area contributed by atoms with E-state index in [1.807, 2.05) is 13.0 Å². The summed E-state index contributed by atoms with van der Waals surface area (Å²) in [4.78, 5) is 2.48. The number of halogens is 1. The molecule has 1 heterocycles. The Kier molecular flexibility index (Phi) is 8.61. The van der Waals surface area contributed by atoms with Gasteiger partial charge in [-0.1, -0.05) is 13.0 Å². The molecule has 0 saturated carbocycles. The third kappa shape index (κ3) is 5.67. The van der Waals surface area contributed by atoms with E-state index in [0.717, 1.165) is 50.7 Å². The smallest absolute Gasteiger partial charge is 0.161 e. The summed E-state index contributed by atoms with van der Waals surface area (Å²) in [5, 5.41) is 3.48. The van der Waals surface area contributed by atoms with Crippen LogP contribution in [-0.2, 0) is 6.54 Å². The van der Waals surface area contributed by atoms with Crippen molar-refractivity contribution in [2.75, 3.05) is 32.8 Å².